The summed E-state index contributed by atoms with van der Waals surface area (Å²) in [5, 5.41) is 0. The van der Waals surface area contributed by atoms with Crippen LogP contribution in [0, 0.1) is 20.8 Å². The zero-order chi connectivity index (χ0) is 15.0. The Bertz CT molecular complexity index is 836. The fraction of sp³-hybridized carbons (Fsp3) is 0.176. The second-order valence-electron chi connectivity index (χ2n) is 5.08. The molecule has 3 aromatic rings. The second kappa shape index (κ2) is 5.30. The van der Waals surface area contributed by atoms with Crippen LogP contribution in [0.25, 0.3) is 10.2 Å². The van der Waals surface area contributed by atoms with Gasteiger partial charge in [0.1, 0.15) is 5.75 Å². The van der Waals surface area contributed by atoms with Gasteiger partial charge >= 0.3 is 5.97 Å². The number of rotatable bonds is 2. The van der Waals surface area contributed by atoms with Crippen molar-refractivity contribution in [3.63, 3.8) is 0 Å². The van der Waals surface area contributed by atoms with Crippen LogP contribution in [0.5, 0.6) is 5.75 Å². The van der Waals surface area contributed by atoms with Gasteiger partial charge in [0.15, 0.2) is 0 Å². The van der Waals surface area contributed by atoms with Crippen LogP contribution in [0.4, 0.5) is 0 Å². The first-order valence-corrected chi connectivity index (χ1v) is 7.56. The number of carbonyl (C=O) groups excluding carboxylic acids is 1. The van der Waals surface area contributed by atoms with Crippen LogP contribution in [0.3, 0.4) is 0 Å². The lowest BCUT2D eigenvalue weighted by molar-refractivity contribution is 0.0732. The molecular weight excluding hydrogens is 282 g/mol. The summed E-state index contributed by atoms with van der Waals surface area (Å²) in [6.07, 6.45) is 0. The van der Waals surface area contributed by atoms with Crippen LogP contribution in [-0.2, 0) is 0 Å². The van der Waals surface area contributed by atoms with Gasteiger partial charge in [-0.1, -0.05) is 12.1 Å². The van der Waals surface area contributed by atoms with Crippen molar-refractivity contribution in [2.75, 3.05) is 0 Å². The highest BCUT2D eigenvalue weighted by Gasteiger charge is 2.14. The first-order chi connectivity index (χ1) is 10.1. The lowest BCUT2D eigenvalue weighted by atomic mass is 10.1. The minimum absolute atomic E-state index is 0.331. The molecule has 21 heavy (non-hydrogen) atoms. The molecule has 0 unspecified atom stereocenters. The molecule has 0 saturated carbocycles. The molecule has 1 aromatic heterocycles. The third-order valence-electron chi connectivity index (χ3n) is 3.64. The van der Waals surface area contributed by atoms with Crippen molar-refractivity contribution in [1.82, 2.24) is 4.98 Å². The van der Waals surface area contributed by atoms with E-state index in [1.165, 1.54) is 11.3 Å². The fourth-order valence-corrected chi connectivity index (χ4v) is 2.93. The Hall–Kier alpha value is -2.20. The lowest BCUT2D eigenvalue weighted by Gasteiger charge is -2.12. The Morgan fingerprint density at radius 3 is 2.67 bits per heavy atom. The second-order valence-corrected chi connectivity index (χ2v) is 5.96. The summed E-state index contributed by atoms with van der Waals surface area (Å²) in [7, 11) is 0. The topological polar surface area (TPSA) is 39.2 Å². The minimum Gasteiger partial charge on any atom is -0.422 e. The van der Waals surface area contributed by atoms with E-state index in [4.69, 9.17) is 4.74 Å². The highest BCUT2D eigenvalue weighted by molar-refractivity contribution is 7.16. The Labute approximate surface area is 127 Å². The average molecular weight is 297 g/mol. The van der Waals surface area contributed by atoms with Crippen molar-refractivity contribution in [3.05, 3.63) is 58.1 Å². The number of carbonyl (C=O) groups is 1. The molecule has 0 bridgehead atoms. The number of esters is 1. The molecule has 4 heteroatoms. The molecule has 0 saturated heterocycles. The largest absolute Gasteiger partial charge is 0.422 e. The summed E-state index contributed by atoms with van der Waals surface area (Å²) >= 11 is 1.52. The van der Waals surface area contributed by atoms with E-state index in [2.05, 4.69) is 4.98 Å². The molecule has 0 fully saturated rings. The number of nitrogens with zero attached hydrogens (tertiary/aromatic N) is 1. The van der Waals surface area contributed by atoms with Gasteiger partial charge in [-0.15, -0.1) is 11.3 Å². The van der Waals surface area contributed by atoms with Gasteiger partial charge in [-0.05, 0) is 55.7 Å². The van der Waals surface area contributed by atoms with E-state index in [-0.39, 0.29) is 5.97 Å². The van der Waals surface area contributed by atoms with E-state index in [9.17, 15) is 4.79 Å². The van der Waals surface area contributed by atoms with Crippen molar-refractivity contribution in [2.45, 2.75) is 20.8 Å². The van der Waals surface area contributed by atoms with E-state index < -0.39 is 0 Å². The monoisotopic (exact) mass is 297 g/mol. The number of hydrogen-bond acceptors (Lipinski definition) is 4. The molecule has 0 amide bonds. The molecule has 0 atom stereocenters. The predicted octanol–water partition coefficient (Wildman–Crippen LogP) is 4.44. The van der Waals surface area contributed by atoms with Crippen molar-refractivity contribution < 1.29 is 9.53 Å². The third kappa shape index (κ3) is 2.54. The minimum atomic E-state index is -0.331. The molecule has 3 nitrogen and oxygen atoms in total. The smallest absolute Gasteiger partial charge is 0.343 e. The van der Waals surface area contributed by atoms with E-state index in [1.807, 2.05) is 45.0 Å². The third-order valence-corrected chi connectivity index (χ3v) is 4.43. The lowest BCUT2D eigenvalue weighted by Crippen LogP contribution is -2.10. The number of fused-ring (bicyclic) bond motifs is 1. The number of aryl methyl sites for hydroxylation is 2. The Morgan fingerprint density at radius 1 is 1.10 bits per heavy atom. The summed E-state index contributed by atoms with van der Waals surface area (Å²) < 4.78 is 6.60. The van der Waals surface area contributed by atoms with Crippen molar-refractivity contribution >= 4 is 27.5 Å². The molecule has 0 N–H and O–H groups in total. The SMILES string of the molecule is Cc1ccc(C)c(OC(=O)c2ccc3ncsc3c2)c1C. The van der Waals surface area contributed by atoms with E-state index in [0.29, 0.717) is 11.3 Å². The number of aromatic nitrogens is 1. The van der Waals surface area contributed by atoms with Crippen LogP contribution in [0.1, 0.15) is 27.0 Å². The number of hydrogen-bond donors (Lipinski definition) is 0. The van der Waals surface area contributed by atoms with Gasteiger partial charge in [0.2, 0.25) is 0 Å². The molecule has 0 aliphatic heterocycles. The Morgan fingerprint density at radius 2 is 1.86 bits per heavy atom. The van der Waals surface area contributed by atoms with Crippen LogP contribution >= 0.6 is 11.3 Å². The first kappa shape index (κ1) is 13.8. The van der Waals surface area contributed by atoms with Gasteiger partial charge in [-0.25, -0.2) is 9.78 Å². The number of thiazole rings is 1. The van der Waals surface area contributed by atoms with Gasteiger partial charge in [0.25, 0.3) is 0 Å². The standard InChI is InChI=1S/C17H15NO2S/c1-10-4-5-11(2)16(12(10)3)20-17(19)13-6-7-14-15(8-13)21-9-18-14/h4-9H,1-3H3. The van der Waals surface area contributed by atoms with Crippen LogP contribution in [0.15, 0.2) is 35.8 Å². The molecule has 0 aliphatic carbocycles. The van der Waals surface area contributed by atoms with Crippen molar-refractivity contribution in [2.24, 2.45) is 0 Å². The summed E-state index contributed by atoms with van der Waals surface area (Å²) in [5.74, 6) is 0.325. The van der Waals surface area contributed by atoms with E-state index >= 15 is 0 Å². The molecule has 106 valence electrons. The zero-order valence-corrected chi connectivity index (χ0v) is 13.0. The maximum Gasteiger partial charge on any atom is 0.343 e. The maximum atomic E-state index is 12.4. The predicted molar refractivity (Wildman–Crippen MR) is 85.2 cm³/mol. The van der Waals surface area contributed by atoms with E-state index in [0.717, 1.165) is 26.9 Å². The molecule has 1 heterocycles. The van der Waals surface area contributed by atoms with Crippen molar-refractivity contribution in [3.8, 4) is 5.75 Å². The van der Waals surface area contributed by atoms with Gasteiger partial charge in [0, 0.05) is 0 Å². The number of ether oxygens (including phenoxy) is 1. The Kier molecular flexibility index (Phi) is 3.47. The normalized spacial score (nSPS) is 10.8. The van der Waals surface area contributed by atoms with Crippen LogP contribution in [-0.4, -0.2) is 11.0 Å². The van der Waals surface area contributed by atoms with Gasteiger partial charge in [0.05, 0.1) is 21.3 Å². The van der Waals surface area contributed by atoms with E-state index in [1.54, 1.807) is 11.6 Å². The summed E-state index contributed by atoms with van der Waals surface area (Å²) in [6, 6.07) is 9.43. The first-order valence-electron chi connectivity index (χ1n) is 6.68. The molecule has 3 rings (SSSR count). The summed E-state index contributed by atoms with van der Waals surface area (Å²) in [6.45, 7) is 5.92. The van der Waals surface area contributed by atoms with Gasteiger partial charge in [-0.3, -0.25) is 0 Å². The molecule has 2 aromatic carbocycles. The molecule has 0 spiro atoms. The molecular formula is C17H15NO2S. The highest BCUT2D eigenvalue weighted by Crippen LogP contribution is 2.27. The average Bonchev–Trinajstić information content (AvgIpc) is 2.94. The summed E-state index contributed by atoms with van der Waals surface area (Å²) in [4.78, 5) is 16.6. The Balaban J connectivity index is 1.94. The number of benzene rings is 2. The van der Waals surface area contributed by atoms with Crippen LogP contribution in [0.2, 0.25) is 0 Å². The van der Waals surface area contributed by atoms with Gasteiger partial charge in [-0.2, -0.15) is 0 Å². The summed E-state index contributed by atoms with van der Waals surface area (Å²) in [5.41, 5.74) is 6.30. The van der Waals surface area contributed by atoms with Crippen LogP contribution < -0.4 is 4.74 Å². The molecule has 0 radical (unpaired) electrons. The maximum absolute atomic E-state index is 12.4. The zero-order valence-electron chi connectivity index (χ0n) is 12.1. The van der Waals surface area contributed by atoms with Gasteiger partial charge < -0.3 is 4.74 Å². The molecule has 0 aliphatic rings. The van der Waals surface area contributed by atoms with Crippen molar-refractivity contribution in [1.29, 1.82) is 0 Å². The fourth-order valence-electron chi connectivity index (χ4n) is 2.22. The highest BCUT2D eigenvalue weighted by atomic mass is 32.1. The quantitative estimate of drug-likeness (QED) is 0.518.